The van der Waals surface area contributed by atoms with Crippen molar-refractivity contribution in [2.75, 3.05) is 13.1 Å². The number of furan rings is 1. The van der Waals surface area contributed by atoms with E-state index in [0.29, 0.717) is 0 Å². The first-order chi connectivity index (χ1) is 6.36. The quantitative estimate of drug-likeness (QED) is 0.620. The van der Waals surface area contributed by atoms with Crippen LogP contribution >= 0.6 is 0 Å². The third kappa shape index (κ3) is 3.30. The highest BCUT2D eigenvalue weighted by Crippen LogP contribution is 2.04. The highest BCUT2D eigenvalue weighted by atomic mass is 16.3. The Kier molecular flexibility index (Phi) is 4.06. The second-order valence-corrected chi connectivity index (χ2v) is 2.85. The second-order valence-electron chi connectivity index (χ2n) is 2.85. The molecule has 2 heteroatoms. The van der Waals surface area contributed by atoms with Gasteiger partial charge in [-0.1, -0.05) is 12.2 Å². The summed E-state index contributed by atoms with van der Waals surface area (Å²) >= 11 is 0. The summed E-state index contributed by atoms with van der Waals surface area (Å²) in [6, 6.07) is 3.87. The van der Waals surface area contributed by atoms with Gasteiger partial charge in [-0.2, -0.15) is 0 Å². The molecule has 0 saturated heterocycles. The molecule has 0 saturated carbocycles. The zero-order valence-electron chi connectivity index (χ0n) is 7.78. The molecule has 0 aliphatic heterocycles. The van der Waals surface area contributed by atoms with Crippen molar-refractivity contribution >= 4 is 0 Å². The molecule has 0 aromatic carbocycles. The van der Waals surface area contributed by atoms with Crippen molar-refractivity contribution in [3.63, 3.8) is 0 Å². The van der Waals surface area contributed by atoms with Crippen molar-refractivity contribution in [1.29, 1.82) is 0 Å². The fourth-order valence-electron chi connectivity index (χ4n) is 1.19. The molecule has 0 atom stereocenters. The van der Waals surface area contributed by atoms with Gasteiger partial charge in [0.1, 0.15) is 5.76 Å². The highest BCUT2D eigenvalue weighted by Gasteiger charge is 2.03. The van der Waals surface area contributed by atoms with E-state index in [4.69, 9.17) is 4.42 Å². The van der Waals surface area contributed by atoms with E-state index in [-0.39, 0.29) is 0 Å². The Morgan fingerprint density at radius 3 is 2.46 bits per heavy atom. The van der Waals surface area contributed by atoms with Gasteiger partial charge in [-0.3, -0.25) is 4.90 Å². The summed E-state index contributed by atoms with van der Waals surface area (Å²) in [5.41, 5.74) is 0. The van der Waals surface area contributed by atoms with Crippen LogP contribution in [0.3, 0.4) is 0 Å². The van der Waals surface area contributed by atoms with Crippen molar-refractivity contribution in [2.24, 2.45) is 0 Å². The SMILES string of the molecule is C=CCN(CC=C)Cc1ccco1. The molecule has 0 aliphatic carbocycles. The lowest BCUT2D eigenvalue weighted by atomic mass is 10.3. The molecule has 0 radical (unpaired) electrons. The van der Waals surface area contributed by atoms with E-state index in [1.807, 2.05) is 24.3 Å². The summed E-state index contributed by atoms with van der Waals surface area (Å²) < 4.78 is 5.25. The Hall–Kier alpha value is -1.28. The maximum absolute atomic E-state index is 5.25. The number of hydrogen-bond donors (Lipinski definition) is 0. The van der Waals surface area contributed by atoms with Crippen molar-refractivity contribution in [3.05, 3.63) is 49.5 Å². The minimum absolute atomic E-state index is 0.811. The van der Waals surface area contributed by atoms with Crippen molar-refractivity contribution in [2.45, 2.75) is 6.54 Å². The molecule has 13 heavy (non-hydrogen) atoms. The molecular weight excluding hydrogens is 162 g/mol. The molecule has 70 valence electrons. The Morgan fingerprint density at radius 1 is 1.31 bits per heavy atom. The monoisotopic (exact) mass is 177 g/mol. The molecule has 1 heterocycles. The molecule has 0 aliphatic rings. The molecule has 1 aromatic rings. The van der Waals surface area contributed by atoms with Gasteiger partial charge in [-0.25, -0.2) is 0 Å². The van der Waals surface area contributed by atoms with Gasteiger partial charge < -0.3 is 4.42 Å². The van der Waals surface area contributed by atoms with Gasteiger partial charge in [0.2, 0.25) is 0 Å². The molecule has 1 rings (SSSR count). The van der Waals surface area contributed by atoms with Crippen LogP contribution in [0.5, 0.6) is 0 Å². The fourth-order valence-corrected chi connectivity index (χ4v) is 1.19. The van der Waals surface area contributed by atoms with E-state index in [1.54, 1.807) is 6.26 Å². The number of rotatable bonds is 6. The molecule has 0 bridgehead atoms. The summed E-state index contributed by atoms with van der Waals surface area (Å²) in [7, 11) is 0. The van der Waals surface area contributed by atoms with Gasteiger partial charge in [0.15, 0.2) is 0 Å². The van der Waals surface area contributed by atoms with Crippen molar-refractivity contribution in [3.8, 4) is 0 Å². The van der Waals surface area contributed by atoms with E-state index >= 15 is 0 Å². The molecule has 0 N–H and O–H groups in total. The summed E-state index contributed by atoms with van der Waals surface area (Å²) in [5.74, 6) is 0.976. The van der Waals surface area contributed by atoms with Gasteiger partial charge in [0.25, 0.3) is 0 Å². The van der Waals surface area contributed by atoms with Crippen LogP contribution in [-0.4, -0.2) is 18.0 Å². The van der Waals surface area contributed by atoms with Gasteiger partial charge in [0.05, 0.1) is 12.8 Å². The lowest BCUT2D eigenvalue weighted by Crippen LogP contribution is -2.22. The Balaban J connectivity index is 2.46. The average molecular weight is 177 g/mol. The third-order valence-corrected chi connectivity index (χ3v) is 1.73. The Labute approximate surface area is 79.2 Å². The lowest BCUT2D eigenvalue weighted by molar-refractivity contribution is 0.295. The Morgan fingerprint density at radius 2 is 2.00 bits per heavy atom. The predicted molar refractivity (Wildman–Crippen MR) is 54.4 cm³/mol. The van der Waals surface area contributed by atoms with Crippen LogP contribution < -0.4 is 0 Å². The van der Waals surface area contributed by atoms with Gasteiger partial charge in [-0.05, 0) is 12.1 Å². The van der Waals surface area contributed by atoms with E-state index in [9.17, 15) is 0 Å². The molecule has 0 unspecified atom stereocenters. The molecule has 0 spiro atoms. The first-order valence-electron chi connectivity index (χ1n) is 4.33. The normalized spacial score (nSPS) is 10.2. The summed E-state index contributed by atoms with van der Waals surface area (Å²) in [6.07, 6.45) is 5.45. The van der Waals surface area contributed by atoms with Gasteiger partial charge >= 0.3 is 0 Å². The lowest BCUT2D eigenvalue weighted by Gasteiger charge is -2.16. The van der Waals surface area contributed by atoms with E-state index in [2.05, 4.69) is 18.1 Å². The fraction of sp³-hybridized carbons (Fsp3) is 0.273. The second kappa shape index (κ2) is 5.38. The summed E-state index contributed by atoms with van der Waals surface area (Å²) in [4.78, 5) is 2.19. The highest BCUT2D eigenvalue weighted by molar-refractivity contribution is 4.98. The number of hydrogen-bond acceptors (Lipinski definition) is 2. The first-order valence-corrected chi connectivity index (χ1v) is 4.33. The van der Waals surface area contributed by atoms with Gasteiger partial charge in [0, 0.05) is 13.1 Å². The molecule has 0 fully saturated rings. The first kappa shape index (κ1) is 9.81. The van der Waals surface area contributed by atoms with Crippen LogP contribution in [0.25, 0.3) is 0 Å². The third-order valence-electron chi connectivity index (χ3n) is 1.73. The van der Waals surface area contributed by atoms with Crippen LogP contribution in [0, 0.1) is 0 Å². The van der Waals surface area contributed by atoms with Crippen LogP contribution in [0.4, 0.5) is 0 Å². The maximum atomic E-state index is 5.25. The molecule has 2 nitrogen and oxygen atoms in total. The van der Waals surface area contributed by atoms with Crippen molar-refractivity contribution in [1.82, 2.24) is 4.90 Å². The Bertz CT molecular complexity index is 241. The smallest absolute Gasteiger partial charge is 0.117 e. The van der Waals surface area contributed by atoms with E-state index < -0.39 is 0 Å². The van der Waals surface area contributed by atoms with Crippen LogP contribution in [-0.2, 0) is 6.54 Å². The van der Waals surface area contributed by atoms with Crippen LogP contribution in [0.1, 0.15) is 5.76 Å². The molecule has 0 amide bonds. The van der Waals surface area contributed by atoms with Crippen molar-refractivity contribution < 1.29 is 4.42 Å². The number of nitrogens with zero attached hydrogens (tertiary/aromatic N) is 1. The predicted octanol–water partition coefficient (Wildman–Crippen LogP) is 2.45. The van der Waals surface area contributed by atoms with E-state index in [0.717, 1.165) is 25.4 Å². The summed E-state index contributed by atoms with van der Waals surface area (Å²) in [6.45, 7) is 9.93. The molecule has 1 aromatic heterocycles. The van der Waals surface area contributed by atoms with E-state index in [1.165, 1.54) is 0 Å². The topological polar surface area (TPSA) is 16.4 Å². The minimum Gasteiger partial charge on any atom is -0.468 e. The molecular formula is C11H15NO. The minimum atomic E-state index is 0.811. The zero-order valence-corrected chi connectivity index (χ0v) is 7.78. The zero-order chi connectivity index (χ0) is 9.52. The largest absolute Gasteiger partial charge is 0.468 e. The van der Waals surface area contributed by atoms with Crippen LogP contribution in [0.15, 0.2) is 48.1 Å². The van der Waals surface area contributed by atoms with Gasteiger partial charge in [-0.15, -0.1) is 13.2 Å². The summed E-state index contributed by atoms with van der Waals surface area (Å²) in [5, 5.41) is 0. The van der Waals surface area contributed by atoms with Crippen LogP contribution in [0.2, 0.25) is 0 Å². The average Bonchev–Trinajstić information content (AvgIpc) is 2.58. The maximum Gasteiger partial charge on any atom is 0.117 e. The standard InChI is InChI=1S/C11H15NO/c1-3-7-12(8-4-2)10-11-6-5-9-13-11/h3-6,9H,1-2,7-8,10H2.